The average molecular weight is 383 g/mol. The lowest BCUT2D eigenvalue weighted by Crippen LogP contribution is -2.30. The molecule has 3 amide bonds. The number of rotatable bonds is 4. The predicted octanol–water partition coefficient (Wildman–Crippen LogP) is 3.08. The molecule has 0 unspecified atom stereocenters. The van der Waals surface area contributed by atoms with Crippen LogP contribution in [-0.2, 0) is 13.0 Å². The summed E-state index contributed by atoms with van der Waals surface area (Å²) in [5.41, 5.74) is 3.45. The quantitative estimate of drug-likeness (QED) is 0.649. The summed E-state index contributed by atoms with van der Waals surface area (Å²) in [6.07, 6.45) is 2.37. The fraction of sp³-hybridized carbons (Fsp3) is 0.130. The molecule has 0 aliphatic carbocycles. The molecule has 3 heterocycles. The van der Waals surface area contributed by atoms with E-state index in [1.807, 2.05) is 18.2 Å². The Balaban J connectivity index is 1.45. The van der Waals surface area contributed by atoms with E-state index in [1.54, 1.807) is 53.6 Å². The van der Waals surface area contributed by atoms with Gasteiger partial charge in [-0.05, 0) is 36.4 Å². The second kappa shape index (κ2) is 6.67. The van der Waals surface area contributed by atoms with Crippen molar-refractivity contribution >= 4 is 23.4 Å². The number of carbonyl (C=O) groups excluding carboxylic acids is 3. The average Bonchev–Trinajstić information content (AvgIpc) is 3.22. The van der Waals surface area contributed by atoms with Crippen molar-refractivity contribution < 1.29 is 14.4 Å². The Morgan fingerprint density at radius 3 is 2.14 bits per heavy atom. The molecule has 6 heteroatoms. The Labute approximate surface area is 167 Å². The summed E-state index contributed by atoms with van der Waals surface area (Å²) in [5, 5.41) is 0. The Morgan fingerprint density at radius 1 is 0.759 bits per heavy atom. The van der Waals surface area contributed by atoms with E-state index in [2.05, 4.69) is 4.98 Å². The van der Waals surface area contributed by atoms with Crippen molar-refractivity contribution in [2.45, 2.75) is 13.0 Å². The van der Waals surface area contributed by atoms with Crippen LogP contribution in [0.15, 0.2) is 66.9 Å². The van der Waals surface area contributed by atoms with Gasteiger partial charge in [0.1, 0.15) is 0 Å². The first-order valence-electron chi connectivity index (χ1n) is 9.44. The molecule has 0 spiro atoms. The second-order valence-corrected chi connectivity index (χ2v) is 7.09. The van der Waals surface area contributed by atoms with Crippen LogP contribution >= 0.6 is 0 Å². The summed E-state index contributed by atoms with van der Waals surface area (Å²) in [7, 11) is 0. The molecule has 0 N–H and O–H groups in total. The third-order valence-corrected chi connectivity index (χ3v) is 5.42. The fourth-order valence-corrected chi connectivity index (χ4v) is 3.97. The molecule has 0 fully saturated rings. The highest BCUT2D eigenvalue weighted by Crippen LogP contribution is 2.36. The van der Waals surface area contributed by atoms with Crippen LogP contribution in [-0.4, -0.2) is 34.2 Å². The van der Waals surface area contributed by atoms with Gasteiger partial charge in [0.2, 0.25) is 0 Å². The van der Waals surface area contributed by atoms with Crippen molar-refractivity contribution in [3.8, 4) is 0 Å². The lowest BCUT2D eigenvalue weighted by molar-refractivity contribution is 0.0779. The number of nitrogens with zero attached hydrogens (tertiary/aromatic N) is 3. The van der Waals surface area contributed by atoms with Gasteiger partial charge in [-0.3, -0.25) is 19.4 Å². The van der Waals surface area contributed by atoms with Gasteiger partial charge < -0.3 is 4.90 Å². The third-order valence-electron chi connectivity index (χ3n) is 5.42. The number of fused-ring (bicyclic) bond motifs is 2. The molecule has 2 aliphatic heterocycles. The van der Waals surface area contributed by atoms with Crippen LogP contribution in [0.4, 0.5) is 5.69 Å². The molecule has 5 rings (SSSR count). The van der Waals surface area contributed by atoms with Crippen molar-refractivity contribution in [3.63, 3.8) is 0 Å². The Hall–Kier alpha value is -3.80. The van der Waals surface area contributed by atoms with E-state index in [-0.39, 0.29) is 17.7 Å². The minimum atomic E-state index is -0.349. The molecule has 0 bridgehead atoms. The monoisotopic (exact) mass is 383 g/mol. The molecule has 0 atom stereocenters. The fourth-order valence-electron chi connectivity index (χ4n) is 3.97. The van der Waals surface area contributed by atoms with Gasteiger partial charge in [0.25, 0.3) is 17.7 Å². The van der Waals surface area contributed by atoms with Crippen LogP contribution < -0.4 is 4.90 Å². The lowest BCUT2D eigenvalue weighted by Gasteiger charge is -2.18. The van der Waals surface area contributed by atoms with Crippen molar-refractivity contribution in [1.82, 2.24) is 9.88 Å². The van der Waals surface area contributed by atoms with E-state index >= 15 is 0 Å². The van der Waals surface area contributed by atoms with Crippen molar-refractivity contribution in [3.05, 3.63) is 94.8 Å². The van der Waals surface area contributed by atoms with Crippen LogP contribution in [0.3, 0.4) is 0 Å². The maximum absolute atomic E-state index is 12.9. The molecule has 0 saturated carbocycles. The summed E-state index contributed by atoms with van der Waals surface area (Å²) in [5.74, 6) is -0.786. The third kappa shape index (κ3) is 2.72. The van der Waals surface area contributed by atoms with Gasteiger partial charge in [-0.25, -0.2) is 4.90 Å². The minimum absolute atomic E-state index is 0.0885. The zero-order valence-corrected chi connectivity index (χ0v) is 15.5. The summed E-state index contributed by atoms with van der Waals surface area (Å²) in [4.78, 5) is 45.9. The van der Waals surface area contributed by atoms with Gasteiger partial charge in [0.15, 0.2) is 0 Å². The van der Waals surface area contributed by atoms with E-state index in [0.29, 0.717) is 47.5 Å². The number of anilines is 1. The number of amides is 3. The predicted molar refractivity (Wildman–Crippen MR) is 107 cm³/mol. The highest BCUT2D eigenvalue weighted by molar-refractivity contribution is 6.34. The number of pyridine rings is 1. The maximum atomic E-state index is 12.9. The molecule has 0 radical (unpaired) electrons. The summed E-state index contributed by atoms with van der Waals surface area (Å²) in [6.45, 7) is 0.886. The number of hydrogen-bond acceptors (Lipinski definition) is 4. The minimum Gasteiger partial charge on any atom is -0.334 e. The molecule has 1 aromatic heterocycles. The molecule has 2 aliphatic rings. The largest absolute Gasteiger partial charge is 0.334 e. The first kappa shape index (κ1) is 17.3. The standard InChI is InChI=1S/C23H17N3O3/c27-21-18-9-5-10-20(26-22(28)16-7-1-2-8-17(16)23(26)29)19(18)14-25(21)13-11-15-6-3-4-12-24-15/h1-10,12H,11,13-14H2. The van der Waals surface area contributed by atoms with Crippen molar-refractivity contribution in [2.75, 3.05) is 11.4 Å². The van der Waals surface area contributed by atoms with Crippen LogP contribution in [0.2, 0.25) is 0 Å². The summed E-state index contributed by atoms with van der Waals surface area (Å²) in [6, 6.07) is 17.7. The molecule has 0 saturated heterocycles. The first-order valence-corrected chi connectivity index (χ1v) is 9.44. The Bertz CT molecular complexity index is 1120. The molecule has 6 nitrogen and oxygen atoms in total. The Morgan fingerprint density at radius 2 is 1.45 bits per heavy atom. The summed E-state index contributed by atoms with van der Waals surface area (Å²) >= 11 is 0. The zero-order valence-electron chi connectivity index (χ0n) is 15.5. The number of hydrogen-bond donors (Lipinski definition) is 0. The molecule has 142 valence electrons. The van der Waals surface area contributed by atoms with Gasteiger partial charge in [0.05, 0.1) is 16.8 Å². The summed E-state index contributed by atoms with van der Waals surface area (Å²) < 4.78 is 0. The molecular formula is C23H17N3O3. The number of aromatic nitrogens is 1. The lowest BCUT2D eigenvalue weighted by atomic mass is 10.1. The number of benzene rings is 2. The topological polar surface area (TPSA) is 70.6 Å². The smallest absolute Gasteiger partial charge is 0.266 e. The van der Waals surface area contributed by atoms with Gasteiger partial charge >= 0.3 is 0 Å². The number of carbonyl (C=O) groups is 3. The van der Waals surface area contributed by atoms with E-state index in [9.17, 15) is 14.4 Å². The highest BCUT2D eigenvalue weighted by atomic mass is 16.2. The number of imide groups is 1. The highest BCUT2D eigenvalue weighted by Gasteiger charge is 2.40. The zero-order chi connectivity index (χ0) is 20.0. The second-order valence-electron chi connectivity index (χ2n) is 7.09. The van der Waals surface area contributed by atoms with Gasteiger partial charge in [-0.2, -0.15) is 0 Å². The molecule has 3 aromatic rings. The van der Waals surface area contributed by atoms with Crippen LogP contribution in [0, 0.1) is 0 Å². The normalized spacial score (nSPS) is 15.1. The van der Waals surface area contributed by atoms with E-state index in [1.165, 1.54) is 4.90 Å². The molecular weight excluding hydrogens is 366 g/mol. The van der Waals surface area contributed by atoms with Crippen LogP contribution in [0.5, 0.6) is 0 Å². The molecule has 2 aromatic carbocycles. The SMILES string of the molecule is O=C1c2cccc(N3C(=O)c4ccccc4C3=O)c2CN1CCc1ccccn1. The van der Waals surface area contributed by atoms with E-state index in [0.717, 1.165) is 5.69 Å². The van der Waals surface area contributed by atoms with Gasteiger partial charge in [-0.15, -0.1) is 0 Å². The first-order chi connectivity index (χ1) is 14.1. The van der Waals surface area contributed by atoms with E-state index in [4.69, 9.17) is 0 Å². The van der Waals surface area contributed by atoms with Crippen LogP contribution in [0.1, 0.15) is 42.3 Å². The maximum Gasteiger partial charge on any atom is 0.266 e. The van der Waals surface area contributed by atoms with E-state index < -0.39 is 0 Å². The van der Waals surface area contributed by atoms with Gasteiger partial charge in [-0.1, -0.05) is 24.3 Å². The van der Waals surface area contributed by atoms with Crippen molar-refractivity contribution in [2.24, 2.45) is 0 Å². The van der Waals surface area contributed by atoms with Crippen molar-refractivity contribution in [1.29, 1.82) is 0 Å². The Kier molecular flexibility index (Phi) is 3.98. The van der Waals surface area contributed by atoms with Crippen LogP contribution in [0.25, 0.3) is 0 Å². The van der Waals surface area contributed by atoms with Gasteiger partial charge in [0, 0.05) is 42.5 Å². The molecule has 29 heavy (non-hydrogen) atoms.